The van der Waals surface area contributed by atoms with Crippen molar-refractivity contribution in [1.82, 2.24) is 24.9 Å². The number of ether oxygens (including phenoxy) is 1. The number of carbonyl (C=O) groups excluding carboxylic acids is 1. The lowest BCUT2D eigenvalue weighted by Gasteiger charge is -2.38. The minimum Gasteiger partial charge on any atom is -0.478 e. The van der Waals surface area contributed by atoms with Crippen LogP contribution in [0.15, 0.2) is 47.4 Å². The second-order valence-electron chi connectivity index (χ2n) is 11.7. The molecule has 1 aromatic carbocycles. The van der Waals surface area contributed by atoms with Crippen LogP contribution < -0.4 is 15.4 Å². The van der Waals surface area contributed by atoms with Crippen molar-refractivity contribution in [2.45, 2.75) is 41.6 Å². The van der Waals surface area contributed by atoms with Gasteiger partial charge in [-0.1, -0.05) is 17.3 Å². The van der Waals surface area contributed by atoms with Crippen LogP contribution in [0.3, 0.4) is 0 Å². The summed E-state index contributed by atoms with van der Waals surface area (Å²) in [5.41, 5.74) is -0.557. The Morgan fingerprint density at radius 3 is 2.39 bits per heavy atom. The summed E-state index contributed by atoms with van der Waals surface area (Å²) in [6, 6.07) is 5.30. The van der Waals surface area contributed by atoms with Crippen LogP contribution in [0.1, 0.15) is 24.2 Å². The Morgan fingerprint density at radius 1 is 1.14 bits per heavy atom. The summed E-state index contributed by atoms with van der Waals surface area (Å²) in [6.07, 6.45) is -0.417. The molecular formula is C25H27B4F4N7O4. The van der Waals surface area contributed by atoms with Gasteiger partial charge in [0.25, 0.3) is 5.88 Å². The third-order valence-corrected chi connectivity index (χ3v) is 8.12. The molecule has 0 bridgehead atoms. The summed E-state index contributed by atoms with van der Waals surface area (Å²) >= 11 is 0. The zero-order valence-electron chi connectivity index (χ0n) is 24.6. The Hall–Kier alpha value is -4.27. The highest BCUT2D eigenvalue weighted by Gasteiger charge is 2.67. The van der Waals surface area contributed by atoms with E-state index in [4.69, 9.17) is 9.26 Å². The number of nitrogens with one attached hydrogen (secondary N) is 2. The number of halogens is 4. The predicted octanol–water partition coefficient (Wildman–Crippen LogP) is -0.217. The van der Waals surface area contributed by atoms with Crippen LogP contribution in [0.4, 0.5) is 35.0 Å². The molecule has 0 atom stereocenters. The molecule has 0 radical (unpaired) electrons. The number of methoxy groups -OCH3 is 1. The molecule has 1 aliphatic carbocycles. The number of benzene rings is 1. The highest BCUT2D eigenvalue weighted by Crippen LogP contribution is 2.59. The van der Waals surface area contributed by atoms with Gasteiger partial charge in [0.1, 0.15) is 48.3 Å². The van der Waals surface area contributed by atoms with Gasteiger partial charge < -0.3 is 25.0 Å². The maximum absolute atomic E-state index is 14.9. The first-order valence-corrected chi connectivity index (χ1v) is 13.6. The lowest BCUT2D eigenvalue weighted by molar-refractivity contribution is -0.165. The summed E-state index contributed by atoms with van der Waals surface area (Å²) in [7, 11) is 8.50. The van der Waals surface area contributed by atoms with Crippen LogP contribution in [-0.2, 0) is 22.0 Å². The fourth-order valence-corrected chi connectivity index (χ4v) is 4.41. The summed E-state index contributed by atoms with van der Waals surface area (Å²) in [5, 5.41) is 22.0. The normalized spacial score (nSPS) is 14.7. The maximum Gasteiger partial charge on any atom is 0.401 e. The molecule has 0 spiro atoms. The molecule has 1 saturated carbocycles. The van der Waals surface area contributed by atoms with Gasteiger partial charge in [0.05, 0.1) is 19.7 Å². The Labute approximate surface area is 252 Å². The molecule has 11 nitrogen and oxygen atoms in total. The van der Waals surface area contributed by atoms with Crippen LogP contribution in [0.2, 0.25) is 0 Å². The van der Waals surface area contributed by atoms with Crippen LogP contribution >= 0.6 is 0 Å². The van der Waals surface area contributed by atoms with Crippen molar-refractivity contribution in [3.05, 3.63) is 60.0 Å². The number of alkyl halides is 3. The van der Waals surface area contributed by atoms with E-state index < -0.39 is 34.1 Å². The van der Waals surface area contributed by atoms with Crippen LogP contribution in [0, 0.1) is 5.82 Å². The van der Waals surface area contributed by atoms with E-state index in [9.17, 15) is 27.5 Å². The fourth-order valence-electron chi connectivity index (χ4n) is 4.41. The highest BCUT2D eigenvalue weighted by atomic mass is 19.4. The molecule has 4 aromatic rings. The van der Waals surface area contributed by atoms with Crippen molar-refractivity contribution in [1.29, 1.82) is 0 Å². The van der Waals surface area contributed by atoms with E-state index in [0.717, 1.165) is 6.07 Å². The predicted molar refractivity (Wildman–Crippen MR) is 162 cm³/mol. The van der Waals surface area contributed by atoms with Crippen molar-refractivity contribution in [3.8, 4) is 17.0 Å². The molecule has 3 heterocycles. The van der Waals surface area contributed by atoms with Gasteiger partial charge in [0.15, 0.2) is 11.6 Å². The van der Waals surface area contributed by atoms with E-state index >= 15 is 0 Å². The summed E-state index contributed by atoms with van der Waals surface area (Å²) in [4.78, 5) is 21.1. The van der Waals surface area contributed by atoms with E-state index in [1.165, 1.54) is 31.6 Å². The third kappa shape index (κ3) is 5.92. The van der Waals surface area contributed by atoms with Gasteiger partial charge in [-0.3, -0.25) is 9.48 Å². The molecule has 19 heteroatoms. The largest absolute Gasteiger partial charge is 0.478 e. The number of nitrogens with zero attached hydrogens (tertiary/aromatic N) is 5. The van der Waals surface area contributed by atoms with E-state index in [1.807, 2.05) is 15.7 Å². The number of hydrogen-bond donors (Lipinski definition) is 3. The fraction of sp³-hybridized carbons (Fsp3) is 0.320. The van der Waals surface area contributed by atoms with E-state index in [-0.39, 0.29) is 48.2 Å². The number of amides is 1. The molecule has 44 heavy (non-hydrogen) atoms. The minimum atomic E-state index is -4.48. The van der Waals surface area contributed by atoms with Crippen molar-refractivity contribution in [2.75, 3.05) is 17.7 Å². The van der Waals surface area contributed by atoms with Crippen LogP contribution in [0.5, 0.6) is 5.88 Å². The average molecular weight is 609 g/mol. The molecular weight excluding hydrogens is 582 g/mol. The zero-order chi connectivity index (χ0) is 32.1. The van der Waals surface area contributed by atoms with Crippen molar-refractivity contribution >= 4 is 54.7 Å². The van der Waals surface area contributed by atoms with Gasteiger partial charge in [-0.15, -0.1) is 5.10 Å². The first-order chi connectivity index (χ1) is 20.5. The zero-order valence-corrected chi connectivity index (χ0v) is 24.6. The molecule has 3 N–H and O–H groups in total. The summed E-state index contributed by atoms with van der Waals surface area (Å²) in [6.45, 7) is 0. The number of hydrogen-bond acceptors (Lipinski definition) is 9. The SMILES string of the molecule is BC(B)(O)C(B)(B)n1cc(Nc2ncc(-c3ccc(CC(=O)Nc4cc(C5(C(F)(F)F)CC5)on4)c(F)c3)cn2)c(OC)n1. The molecule has 0 saturated heterocycles. The molecule has 1 fully saturated rings. The molecule has 1 amide bonds. The van der Waals surface area contributed by atoms with E-state index in [2.05, 4.69) is 30.9 Å². The molecule has 5 rings (SSSR count). The molecule has 0 aliphatic heterocycles. The van der Waals surface area contributed by atoms with Gasteiger partial charge in [0.2, 0.25) is 11.9 Å². The summed E-state index contributed by atoms with van der Waals surface area (Å²) in [5.74, 6) is -1.37. The summed E-state index contributed by atoms with van der Waals surface area (Å²) < 4.78 is 66.6. The Morgan fingerprint density at radius 2 is 1.82 bits per heavy atom. The first kappa shape index (κ1) is 31.2. The lowest BCUT2D eigenvalue weighted by Crippen LogP contribution is -2.58. The Kier molecular flexibility index (Phi) is 7.81. The number of carbonyl (C=O) groups is 1. The molecule has 0 unspecified atom stereocenters. The lowest BCUT2D eigenvalue weighted by atomic mass is 9.40. The number of anilines is 3. The number of aliphatic hydroxyl groups is 1. The second kappa shape index (κ2) is 11.0. The maximum atomic E-state index is 14.9. The highest BCUT2D eigenvalue weighted by molar-refractivity contribution is 6.52. The molecule has 3 aromatic heterocycles. The van der Waals surface area contributed by atoms with Crippen LogP contribution in [0.25, 0.3) is 11.1 Å². The van der Waals surface area contributed by atoms with Crippen molar-refractivity contribution in [2.24, 2.45) is 0 Å². The molecule has 226 valence electrons. The second-order valence-corrected chi connectivity index (χ2v) is 11.7. The van der Waals surface area contributed by atoms with Crippen LogP contribution in [-0.4, -0.2) is 86.0 Å². The van der Waals surface area contributed by atoms with Gasteiger partial charge in [0, 0.05) is 34.8 Å². The van der Waals surface area contributed by atoms with Gasteiger partial charge in [-0.25, -0.2) is 14.4 Å². The Bertz CT molecular complexity index is 1690. The number of rotatable bonds is 10. The standard InChI is InChI=1S/C25H27B4F4N7O4/c1-43-20-16(11-40(38-20)23(26,27)24(28,29)42)36-21-34-9-14(10-35-21)12-2-3-13(15(30)6-12)7-19(41)37-18-8-17(44-39-18)22(4-5-22)25(31,32)33/h2-3,6,8-11,42H,4-5,7,26-29H2,1H3,(H,34,35,36)(H,37,39,41). The smallest absolute Gasteiger partial charge is 0.401 e. The quantitative estimate of drug-likeness (QED) is 0.165. The van der Waals surface area contributed by atoms with Gasteiger partial charge >= 0.3 is 6.18 Å². The van der Waals surface area contributed by atoms with Gasteiger partial charge in [-0.05, 0) is 30.0 Å². The average Bonchev–Trinajstić information content (AvgIpc) is 3.48. The monoisotopic (exact) mass is 609 g/mol. The minimum absolute atomic E-state index is 0.0706. The van der Waals surface area contributed by atoms with E-state index in [1.54, 1.807) is 32.6 Å². The van der Waals surface area contributed by atoms with Gasteiger partial charge in [-0.2, -0.15) is 13.2 Å². The third-order valence-electron chi connectivity index (χ3n) is 8.12. The first-order valence-electron chi connectivity index (χ1n) is 13.6. The number of aromatic nitrogens is 5. The molecule has 1 aliphatic rings. The topological polar surface area (TPSA) is 140 Å². The van der Waals surface area contributed by atoms with Crippen molar-refractivity contribution in [3.63, 3.8) is 0 Å². The Balaban J connectivity index is 1.23. The van der Waals surface area contributed by atoms with Crippen molar-refractivity contribution < 1.29 is 36.7 Å². The van der Waals surface area contributed by atoms with E-state index in [0.29, 0.717) is 16.8 Å².